The molecular formula is C17H16ClN3S. The molecule has 0 saturated heterocycles. The Balaban J connectivity index is 1.85. The van der Waals surface area contributed by atoms with Crippen LogP contribution in [-0.4, -0.2) is 14.8 Å². The van der Waals surface area contributed by atoms with Crippen molar-refractivity contribution < 1.29 is 0 Å². The van der Waals surface area contributed by atoms with Crippen molar-refractivity contribution in [1.82, 2.24) is 14.8 Å². The van der Waals surface area contributed by atoms with Gasteiger partial charge in [0, 0.05) is 22.9 Å². The fourth-order valence-corrected chi connectivity index (χ4v) is 3.63. The third kappa shape index (κ3) is 3.03. The fraction of sp³-hybridized carbons (Fsp3) is 0.176. The van der Waals surface area contributed by atoms with Gasteiger partial charge in [0.15, 0.2) is 11.0 Å². The van der Waals surface area contributed by atoms with Crippen molar-refractivity contribution >= 4 is 23.4 Å². The molecule has 112 valence electrons. The lowest BCUT2D eigenvalue weighted by molar-refractivity contribution is 0.790. The van der Waals surface area contributed by atoms with Crippen molar-refractivity contribution in [3.63, 3.8) is 0 Å². The van der Waals surface area contributed by atoms with E-state index in [1.807, 2.05) is 60.1 Å². The van der Waals surface area contributed by atoms with Crippen LogP contribution in [0.15, 0.2) is 59.8 Å². The van der Waals surface area contributed by atoms with Crippen LogP contribution in [0.25, 0.3) is 11.4 Å². The Bertz CT molecular complexity index is 771. The molecule has 3 nitrogen and oxygen atoms in total. The summed E-state index contributed by atoms with van der Waals surface area (Å²) in [5, 5.41) is 10.5. The Hall–Kier alpha value is -1.78. The molecule has 0 bridgehead atoms. The third-order valence-electron chi connectivity index (χ3n) is 3.49. The van der Waals surface area contributed by atoms with Gasteiger partial charge in [0.2, 0.25) is 0 Å². The summed E-state index contributed by atoms with van der Waals surface area (Å²) >= 11 is 7.93. The van der Waals surface area contributed by atoms with Gasteiger partial charge >= 0.3 is 0 Å². The number of halogens is 1. The molecule has 3 rings (SSSR count). The molecule has 0 fully saturated rings. The topological polar surface area (TPSA) is 30.7 Å². The van der Waals surface area contributed by atoms with Gasteiger partial charge in [-0.1, -0.05) is 71.9 Å². The molecule has 5 heteroatoms. The molecule has 1 heterocycles. The summed E-state index contributed by atoms with van der Waals surface area (Å²) in [6.07, 6.45) is 0. The predicted molar refractivity (Wildman–Crippen MR) is 92.2 cm³/mol. The SMILES string of the molecule is C[C@@H](Sc1nnc(-c2ccccc2)n1C)c1ccccc1Cl. The second-order valence-corrected chi connectivity index (χ2v) is 6.73. The molecule has 0 unspecified atom stereocenters. The van der Waals surface area contributed by atoms with E-state index in [-0.39, 0.29) is 5.25 Å². The summed E-state index contributed by atoms with van der Waals surface area (Å²) in [4.78, 5) is 0. The molecule has 0 N–H and O–H groups in total. The van der Waals surface area contributed by atoms with Crippen LogP contribution in [0.3, 0.4) is 0 Å². The van der Waals surface area contributed by atoms with Crippen LogP contribution in [0.1, 0.15) is 17.7 Å². The summed E-state index contributed by atoms with van der Waals surface area (Å²) in [6.45, 7) is 2.13. The first kappa shape index (κ1) is 15.1. The van der Waals surface area contributed by atoms with E-state index in [9.17, 15) is 0 Å². The van der Waals surface area contributed by atoms with Gasteiger partial charge in [-0.2, -0.15) is 0 Å². The van der Waals surface area contributed by atoms with Crippen LogP contribution in [0.5, 0.6) is 0 Å². The highest BCUT2D eigenvalue weighted by atomic mass is 35.5. The largest absolute Gasteiger partial charge is 0.305 e. The first-order chi connectivity index (χ1) is 10.7. The van der Waals surface area contributed by atoms with Crippen molar-refractivity contribution in [3.05, 3.63) is 65.2 Å². The van der Waals surface area contributed by atoms with E-state index in [1.54, 1.807) is 11.8 Å². The average Bonchev–Trinajstić information content (AvgIpc) is 2.89. The maximum Gasteiger partial charge on any atom is 0.191 e. The number of benzene rings is 2. The standard InChI is InChI=1S/C17H16ClN3S/c1-12(14-10-6-7-11-15(14)18)22-17-20-19-16(21(17)2)13-8-4-3-5-9-13/h3-12H,1-2H3/t12-/m1/s1. The Morgan fingerprint density at radius 2 is 1.68 bits per heavy atom. The lowest BCUT2D eigenvalue weighted by Crippen LogP contribution is -1.97. The van der Waals surface area contributed by atoms with E-state index in [1.165, 1.54) is 0 Å². The lowest BCUT2D eigenvalue weighted by atomic mass is 10.2. The molecule has 0 saturated carbocycles. The van der Waals surface area contributed by atoms with Gasteiger partial charge in [-0.25, -0.2) is 0 Å². The van der Waals surface area contributed by atoms with Crippen LogP contribution in [0.2, 0.25) is 5.02 Å². The number of nitrogens with zero attached hydrogens (tertiary/aromatic N) is 3. The second-order valence-electron chi connectivity index (χ2n) is 5.01. The van der Waals surface area contributed by atoms with E-state index < -0.39 is 0 Å². The van der Waals surface area contributed by atoms with Crippen molar-refractivity contribution in [1.29, 1.82) is 0 Å². The molecule has 0 spiro atoms. The maximum absolute atomic E-state index is 6.27. The number of rotatable bonds is 4. The molecule has 22 heavy (non-hydrogen) atoms. The minimum Gasteiger partial charge on any atom is -0.305 e. The zero-order valence-electron chi connectivity index (χ0n) is 12.4. The monoisotopic (exact) mass is 329 g/mol. The normalized spacial score (nSPS) is 12.3. The van der Waals surface area contributed by atoms with Crippen molar-refractivity contribution in [2.24, 2.45) is 7.05 Å². The van der Waals surface area contributed by atoms with E-state index >= 15 is 0 Å². The highest BCUT2D eigenvalue weighted by Gasteiger charge is 2.16. The molecule has 3 aromatic rings. The van der Waals surface area contributed by atoms with E-state index in [0.717, 1.165) is 27.1 Å². The molecule has 0 aliphatic rings. The first-order valence-corrected chi connectivity index (χ1v) is 8.28. The summed E-state index contributed by atoms with van der Waals surface area (Å²) < 4.78 is 2.02. The van der Waals surface area contributed by atoms with Gasteiger partial charge in [-0.3, -0.25) is 0 Å². The first-order valence-electron chi connectivity index (χ1n) is 7.02. The van der Waals surface area contributed by atoms with Crippen LogP contribution in [-0.2, 0) is 7.05 Å². The quantitative estimate of drug-likeness (QED) is 0.632. The number of hydrogen-bond donors (Lipinski definition) is 0. The van der Waals surface area contributed by atoms with Crippen LogP contribution >= 0.6 is 23.4 Å². The average molecular weight is 330 g/mol. The number of thioether (sulfide) groups is 1. The number of aromatic nitrogens is 3. The Morgan fingerprint density at radius 3 is 2.41 bits per heavy atom. The Morgan fingerprint density at radius 1 is 1.00 bits per heavy atom. The Kier molecular flexibility index (Phi) is 4.50. The lowest BCUT2D eigenvalue weighted by Gasteiger charge is -2.12. The molecule has 0 aliphatic heterocycles. The summed E-state index contributed by atoms with van der Waals surface area (Å²) in [5.74, 6) is 0.870. The molecule has 2 aromatic carbocycles. The minimum absolute atomic E-state index is 0.209. The zero-order chi connectivity index (χ0) is 15.5. The molecule has 0 radical (unpaired) electrons. The summed E-state index contributed by atoms with van der Waals surface area (Å²) in [6, 6.07) is 18.0. The van der Waals surface area contributed by atoms with Crippen molar-refractivity contribution in [3.8, 4) is 11.4 Å². The molecule has 1 aromatic heterocycles. The summed E-state index contributed by atoms with van der Waals surface area (Å²) in [7, 11) is 1.99. The third-order valence-corrected chi connectivity index (χ3v) is 5.01. The summed E-state index contributed by atoms with van der Waals surface area (Å²) in [5.41, 5.74) is 2.17. The smallest absolute Gasteiger partial charge is 0.191 e. The fourth-order valence-electron chi connectivity index (χ4n) is 2.28. The van der Waals surface area contributed by atoms with Gasteiger partial charge in [-0.15, -0.1) is 10.2 Å². The molecular weight excluding hydrogens is 314 g/mol. The Labute approximate surface area is 139 Å². The maximum atomic E-state index is 6.27. The van der Waals surface area contributed by atoms with Gasteiger partial charge in [0.1, 0.15) is 0 Å². The van der Waals surface area contributed by atoms with Crippen LogP contribution in [0.4, 0.5) is 0 Å². The van der Waals surface area contributed by atoms with Crippen molar-refractivity contribution in [2.45, 2.75) is 17.3 Å². The van der Waals surface area contributed by atoms with E-state index in [0.29, 0.717) is 0 Å². The highest BCUT2D eigenvalue weighted by molar-refractivity contribution is 7.99. The van der Waals surface area contributed by atoms with Gasteiger partial charge in [-0.05, 0) is 18.6 Å². The second kappa shape index (κ2) is 6.55. The predicted octanol–water partition coefficient (Wildman–Crippen LogP) is 4.99. The highest BCUT2D eigenvalue weighted by Crippen LogP contribution is 2.37. The minimum atomic E-state index is 0.209. The number of hydrogen-bond acceptors (Lipinski definition) is 3. The van der Waals surface area contributed by atoms with E-state index in [2.05, 4.69) is 23.2 Å². The van der Waals surface area contributed by atoms with Crippen molar-refractivity contribution in [2.75, 3.05) is 0 Å². The van der Waals surface area contributed by atoms with E-state index in [4.69, 9.17) is 11.6 Å². The van der Waals surface area contributed by atoms with Crippen LogP contribution in [0, 0.1) is 0 Å². The molecule has 0 aliphatic carbocycles. The van der Waals surface area contributed by atoms with Gasteiger partial charge in [0.25, 0.3) is 0 Å². The van der Waals surface area contributed by atoms with Crippen LogP contribution < -0.4 is 0 Å². The van der Waals surface area contributed by atoms with Gasteiger partial charge < -0.3 is 4.57 Å². The molecule has 1 atom stereocenters. The van der Waals surface area contributed by atoms with Gasteiger partial charge in [0.05, 0.1) is 0 Å². The zero-order valence-corrected chi connectivity index (χ0v) is 14.0. The molecule has 0 amide bonds.